The molecule has 3 heterocycles. The van der Waals surface area contributed by atoms with Gasteiger partial charge in [0.25, 0.3) is 0 Å². The highest BCUT2D eigenvalue weighted by Gasteiger charge is 2.13. The summed E-state index contributed by atoms with van der Waals surface area (Å²) in [6.07, 6.45) is 7.69. The second-order valence-corrected chi connectivity index (χ2v) is 8.96. The smallest absolute Gasteiger partial charge is 0.0137 e. The van der Waals surface area contributed by atoms with Crippen LogP contribution in [0.3, 0.4) is 0 Å². The second kappa shape index (κ2) is 14.6. The predicted molar refractivity (Wildman–Crippen MR) is 121 cm³/mol. The molecule has 0 spiro atoms. The summed E-state index contributed by atoms with van der Waals surface area (Å²) in [6.45, 7) is 23.4. The van der Waals surface area contributed by atoms with E-state index in [9.17, 15) is 0 Å². The first-order chi connectivity index (χ1) is 12.9. The van der Waals surface area contributed by atoms with Crippen LogP contribution in [0.15, 0.2) is 11.6 Å². The van der Waals surface area contributed by atoms with Gasteiger partial charge in [-0.25, -0.2) is 0 Å². The van der Waals surface area contributed by atoms with Crippen molar-refractivity contribution < 1.29 is 0 Å². The average molecular weight is 381 g/mol. The first-order valence-electron chi connectivity index (χ1n) is 11.5. The van der Waals surface area contributed by atoms with Gasteiger partial charge in [-0.3, -0.25) is 4.90 Å². The van der Waals surface area contributed by atoms with Gasteiger partial charge in [0.1, 0.15) is 0 Å². The van der Waals surface area contributed by atoms with Gasteiger partial charge in [0, 0.05) is 31.7 Å². The Labute approximate surface area is 170 Å². The molecule has 0 saturated carbocycles. The minimum absolute atomic E-state index is 0.722. The van der Waals surface area contributed by atoms with Crippen LogP contribution < -0.4 is 10.6 Å². The minimum Gasteiger partial charge on any atom is -0.315 e. The molecule has 3 rings (SSSR count). The Bertz CT molecular complexity index is 376. The number of likely N-dealkylation sites (tertiary alicyclic amines) is 1. The van der Waals surface area contributed by atoms with Crippen LogP contribution in [0.5, 0.6) is 0 Å². The van der Waals surface area contributed by atoms with E-state index in [1.807, 2.05) is 0 Å². The van der Waals surface area contributed by atoms with Gasteiger partial charge in [0.05, 0.1) is 0 Å². The lowest BCUT2D eigenvalue weighted by Gasteiger charge is -2.23. The zero-order valence-electron chi connectivity index (χ0n) is 19.2. The molecule has 0 radical (unpaired) electrons. The third-order valence-electron chi connectivity index (χ3n) is 5.82. The van der Waals surface area contributed by atoms with Gasteiger partial charge in [-0.15, -0.1) is 0 Å². The summed E-state index contributed by atoms with van der Waals surface area (Å²) in [5.41, 5.74) is 1.62. The third kappa shape index (κ3) is 11.2. The molecule has 2 fully saturated rings. The molecule has 0 aromatic carbocycles. The second-order valence-electron chi connectivity index (χ2n) is 8.96. The van der Waals surface area contributed by atoms with Gasteiger partial charge >= 0.3 is 0 Å². The van der Waals surface area contributed by atoms with Crippen molar-refractivity contribution in [3.8, 4) is 0 Å². The van der Waals surface area contributed by atoms with Crippen molar-refractivity contribution in [2.75, 3.05) is 52.4 Å². The first kappa shape index (κ1) is 24.6. The number of hydrogen-bond donors (Lipinski definition) is 2. The van der Waals surface area contributed by atoms with Gasteiger partial charge in [-0.2, -0.15) is 0 Å². The zero-order valence-corrected chi connectivity index (χ0v) is 19.2. The van der Waals surface area contributed by atoms with E-state index in [0.717, 1.165) is 31.1 Å². The lowest BCUT2D eigenvalue weighted by Crippen LogP contribution is -2.33. The van der Waals surface area contributed by atoms with Gasteiger partial charge in [0.2, 0.25) is 0 Å². The summed E-state index contributed by atoms with van der Waals surface area (Å²) in [5.74, 6) is 0.757. The summed E-state index contributed by atoms with van der Waals surface area (Å²) in [4.78, 5) is 5.06. The molecule has 27 heavy (non-hydrogen) atoms. The fourth-order valence-electron chi connectivity index (χ4n) is 3.81. The maximum Gasteiger partial charge on any atom is 0.0137 e. The van der Waals surface area contributed by atoms with Crippen molar-refractivity contribution in [3.63, 3.8) is 0 Å². The predicted octanol–water partition coefficient (Wildman–Crippen LogP) is 3.74. The molecule has 0 aromatic rings. The van der Waals surface area contributed by atoms with E-state index < -0.39 is 0 Å². The Balaban J connectivity index is 0.000000204. The van der Waals surface area contributed by atoms with Crippen LogP contribution in [0.2, 0.25) is 0 Å². The highest BCUT2D eigenvalue weighted by molar-refractivity contribution is 5.08. The van der Waals surface area contributed by atoms with Crippen LogP contribution >= 0.6 is 0 Å². The Morgan fingerprint density at radius 3 is 1.74 bits per heavy atom. The lowest BCUT2D eigenvalue weighted by atomic mass is 9.98. The normalized spacial score (nSPS) is 22.0. The van der Waals surface area contributed by atoms with Crippen LogP contribution in [-0.2, 0) is 0 Å². The molecule has 3 aliphatic heterocycles. The van der Waals surface area contributed by atoms with Gasteiger partial charge in [-0.1, -0.05) is 25.5 Å². The van der Waals surface area contributed by atoms with E-state index in [2.05, 4.69) is 68.1 Å². The number of nitrogens with one attached hydrogen (secondary N) is 2. The molecule has 0 amide bonds. The standard InChI is InChI=1S/C8H18N2.C8H15N.C7H15N/c1-8(2)10-6-3-4-9-5-7-10;1-7(2)8-3-5-9-6-4-8;1-7(2)8-5-3-4-6-8/h8-9H,3-7H2,1-2H3;3,7,9H,4-6H2,1-2H3;7H,3-6H2,1-2H3. The summed E-state index contributed by atoms with van der Waals surface area (Å²) < 4.78 is 0. The highest BCUT2D eigenvalue weighted by atomic mass is 15.2. The average Bonchev–Trinajstić information content (AvgIpc) is 3.06. The Kier molecular flexibility index (Phi) is 13.3. The molecule has 4 heteroatoms. The Morgan fingerprint density at radius 1 is 0.704 bits per heavy atom. The van der Waals surface area contributed by atoms with Crippen LogP contribution in [0.1, 0.15) is 67.2 Å². The van der Waals surface area contributed by atoms with E-state index in [0.29, 0.717) is 0 Å². The summed E-state index contributed by atoms with van der Waals surface area (Å²) in [7, 11) is 0. The molecule has 4 nitrogen and oxygen atoms in total. The fraction of sp³-hybridized carbons (Fsp3) is 0.913. The molecule has 0 unspecified atom stereocenters. The van der Waals surface area contributed by atoms with Gasteiger partial charge in [0.15, 0.2) is 0 Å². The number of rotatable bonds is 3. The van der Waals surface area contributed by atoms with Crippen molar-refractivity contribution in [2.45, 2.75) is 79.3 Å². The zero-order chi connectivity index (χ0) is 20.1. The van der Waals surface area contributed by atoms with Crippen molar-refractivity contribution >= 4 is 0 Å². The van der Waals surface area contributed by atoms with E-state index >= 15 is 0 Å². The van der Waals surface area contributed by atoms with Gasteiger partial charge < -0.3 is 15.5 Å². The molecule has 160 valence electrons. The maximum absolute atomic E-state index is 3.39. The molecular weight excluding hydrogens is 332 g/mol. The molecule has 2 N–H and O–H groups in total. The van der Waals surface area contributed by atoms with Crippen molar-refractivity contribution in [3.05, 3.63) is 11.6 Å². The topological polar surface area (TPSA) is 30.5 Å². The highest BCUT2D eigenvalue weighted by Crippen LogP contribution is 2.14. The lowest BCUT2D eigenvalue weighted by molar-refractivity contribution is 0.237. The van der Waals surface area contributed by atoms with Crippen LogP contribution in [0.25, 0.3) is 0 Å². The van der Waals surface area contributed by atoms with Crippen molar-refractivity contribution in [1.82, 2.24) is 20.4 Å². The number of hydrogen-bond acceptors (Lipinski definition) is 4. The van der Waals surface area contributed by atoms with Crippen LogP contribution in [0, 0.1) is 5.92 Å². The van der Waals surface area contributed by atoms with E-state index in [1.165, 1.54) is 65.0 Å². The quantitative estimate of drug-likeness (QED) is 0.730. The Hall–Kier alpha value is -0.420. The SMILES string of the molecule is CC(C)C1=CCNCC1.CC(C)N1CCCC1.CC(C)N1CCCNCC1. The monoisotopic (exact) mass is 380 g/mol. The third-order valence-corrected chi connectivity index (χ3v) is 5.82. The van der Waals surface area contributed by atoms with E-state index in [-0.39, 0.29) is 0 Å². The molecular formula is C23H48N4. The fourth-order valence-corrected chi connectivity index (χ4v) is 3.81. The van der Waals surface area contributed by atoms with Gasteiger partial charge in [-0.05, 0) is 92.0 Å². The Morgan fingerprint density at radius 2 is 1.30 bits per heavy atom. The van der Waals surface area contributed by atoms with Crippen molar-refractivity contribution in [1.29, 1.82) is 0 Å². The molecule has 0 atom stereocenters. The molecule has 0 aromatic heterocycles. The molecule has 0 aliphatic carbocycles. The summed E-state index contributed by atoms with van der Waals surface area (Å²) in [6, 6.07) is 1.50. The summed E-state index contributed by atoms with van der Waals surface area (Å²) in [5, 5.41) is 6.68. The van der Waals surface area contributed by atoms with E-state index in [1.54, 1.807) is 5.57 Å². The van der Waals surface area contributed by atoms with E-state index in [4.69, 9.17) is 0 Å². The van der Waals surface area contributed by atoms with Crippen molar-refractivity contribution in [2.24, 2.45) is 5.92 Å². The van der Waals surface area contributed by atoms with Crippen LogP contribution in [-0.4, -0.2) is 74.2 Å². The summed E-state index contributed by atoms with van der Waals surface area (Å²) >= 11 is 0. The largest absolute Gasteiger partial charge is 0.315 e. The minimum atomic E-state index is 0.722. The maximum atomic E-state index is 3.39. The molecule has 2 saturated heterocycles. The molecule has 3 aliphatic rings. The number of nitrogens with zero attached hydrogens (tertiary/aromatic N) is 2. The first-order valence-corrected chi connectivity index (χ1v) is 11.5. The molecule has 0 bridgehead atoms. The van der Waals surface area contributed by atoms with Crippen LogP contribution in [0.4, 0.5) is 0 Å².